The molecule has 0 aliphatic carbocycles. The highest BCUT2D eigenvalue weighted by Gasteiger charge is 2.43. The van der Waals surface area contributed by atoms with E-state index in [4.69, 9.17) is 0 Å². The van der Waals surface area contributed by atoms with Gasteiger partial charge in [-0.2, -0.15) is 0 Å². The maximum atomic E-state index is 11.5. The number of hydrogen-bond acceptors (Lipinski definition) is 3. The molecule has 0 spiro atoms. The van der Waals surface area contributed by atoms with Crippen molar-refractivity contribution in [1.29, 1.82) is 0 Å². The lowest BCUT2D eigenvalue weighted by Crippen LogP contribution is -2.65. The maximum absolute atomic E-state index is 11.5. The second kappa shape index (κ2) is 14.2. The third kappa shape index (κ3) is 6.24. The van der Waals surface area contributed by atoms with Crippen LogP contribution in [-0.2, 0) is 0 Å². The van der Waals surface area contributed by atoms with Gasteiger partial charge in [0.15, 0.2) is 0 Å². The first kappa shape index (κ1) is 36.1. The molecule has 0 fully saturated rings. The third-order valence-electron chi connectivity index (χ3n) is 11.9. The number of nitrogens with zero attached hydrogens (tertiary/aromatic N) is 1. The quantitative estimate of drug-likeness (QED) is 0.156. The van der Waals surface area contributed by atoms with Crippen LogP contribution in [0.4, 0.5) is 17.1 Å². The van der Waals surface area contributed by atoms with Crippen LogP contribution < -0.4 is 37.7 Å². The van der Waals surface area contributed by atoms with E-state index in [9.17, 15) is 19.8 Å². The van der Waals surface area contributed by atoms with E-state index in [1.165, 1.54) is 61.0 Å². The van der Waals surface area contributed by atoms with Crippen LogP contribution in [0.5, 0.6) is 0 Å². The number of fused-ring (bicyclic) bond motifs is 4. The van der Waals surface area contributed by atoms with Crippen LogP contribution in [0.15, 0.2) is 152 Å². The van der Waals surface area contributed by atoms with Gasteiger partial charge in [-0.3, -0.25) is 0 Å². The molecular formula is C50H41B2NO4. The van der Waals surface area contributed by atoms with Crippen molar-refractivity contribution in [2.75, 3.05) is 4.90 Å². The molecular weight excluding hydrogens is 700 g/mol. The Kier molecular flexibility index (Phi) is 8.96. The fourth-order valence-corrected chi connectivity index (χ4v) is 8.79. The number of anilines is 3. The molecule has 5 nitrogen and oxygen atoms in total. The predicted molar refractivity (Wildman–Crippen MR) is 236 cm³/mol. The van der Waals surface area contributed by atoms with Gasteiger partial charge in [0, 0.05) is 17.1 Å². The highest BCUT2D eigenvalue weighted by atomic mass is 16.4. The van der Waals surface area contributed by atoms with Crippen LogP contribution in [-0.4, -0.2) is 35.6 Å². The average Bonchev–Trinajstić information content (AvgIpc) is 3.23. The van der Waals surface area contributed by atoms with Gasteiger partial charge in [-0.1, -0.05) is 154 Å². The number of carbonyl (C=O) groups is 2. The topological polar surface area (TPSA) is 77.8 Å². The molecule has 2 aliphatic heterocycles. The summed E-state index contributed by atoms with van der Waals surface area (Å²) in [5.41, 5.74) is 18.3. The van der Waals surface area contributed by atoms with Crippen molar-refractivity contribution in [3.05, 3.63) is 174 Å². The second-order valence-electron chi connectivity index (χ2n) is 15.9. The Labute approximate surface area is 334 Å². The minimum atomic E-state index is -0.930. The van der Waals surface area contributed by atoms with Gasteiger partial charge in [0.1, 0.15) is 0 Å². The van der Waals surface area contributed by atoms with E-state index in [1.807, 2.05) is 24.3 Å². The Hall–Kier alpha value is -6.59. The van der Waals surface area contributed by atoms with Crippen molar-refractivity contribution in [2.45, 2.75) is 39.5 Å². The molecule has 9 rings (SSSR count). The molecule has 0 atom stereocenters. The molecule has 0 unspecified atom stereocenters. The Morgan fingerprint density at radius 1 is 0.456 bits per heavy atom. The summed E-state index contributed by atoms with van der Waals surface area (Å²) in [6.45, 7) is 8.99. The predicted octanol–water partition coefficient (Wildman–Crippen LogP) is 7.79. The molecule has 0 amide bonds. The molecule has 7 aromatic rings. The molecule has 0 aromatic heterocycles. The number of rotatable bonds is 8. The molecule has 0 radical (unpaired) electrons. The van der Waals surface area contributed by atoms with Crippen molar-refractivity contribution in [2.24, 2.45) is 0 Å². The third-order valence-corrected chi connectivity index (χ3v) is 11.9. The van der Waals surface area contributed by atoms with Crippen LogP contribution in [0.25, 0.3) is 22.3 Å². The SMILES string of the molecule is CC(C)c1ccc2c(c1)N1c3cc(C(C)C)ccc3B(c3ccc(-c4ccc(C(=O)O)cc4)cc3)c3cccc(c31)B2c1ccc(-c2ccc(C(=O)O)cc2)cc1. The smallest absolute Gasteiger partial charge is 0.335 e. The number of carboxylic acids is 2. The summed E-state index contributed by atoms with van der Waals surface area (Å²) < 4.78 is 0. The lowest BCUT2D eigenvalue weighted by Gasteiger charge is -2.44. The van der Waals surface area contributed by atoms with Crippen molar-refractivity contribution in [1.82, 2.24) is 0 Å². The van der Waals surface area contributed by atoms with Gasteiger partial charge in [-0.25, -0.2) is 9.59 Å². The summed E-state index contributed by atoms with van der Waals surface area (Å²) in [5, 5.41) is 18.8. The van der Waals surface area contributed by atoms with E-state index >= 15 is 0 Å². The Morgan fingerprint density at radius 3 is 1.14 bits per heavy atom. The first-order valence-corrected chi connectivity index (χ1v) is 19.7. The number of carboxylic acid groups (broad SMARTS) is 2. The van der Waals surface area contributed by atoms with Gasteiger partial charge in [0.05, 0.1) is 11.1 Å². The van der Waals surface area contributed by atoms with Crippen LogP contribution >= 0.6 is 0 Å². The van der Waals surface area contributed by atoms with E-state index in [-0.39, 0.29) is 24.6 Å². The first-order valence-electron chi connectivity index (χ1n) is 19.7. The molecule has 57 heavy (non-hydrogen) atoms. The molecule has 0 saturated heterocycles. The molecule has 0 saturated carbocycles. The van der Waals surface area contributed by atoms with Crippen LogP contribution in [0.2, 0.25) is 0 Å². The Balaban J connectivity index is 1.21. The fourth-order valence-electron chi connectivity index (χ4n) is 8.79. The summed E-state index contributed by atoms with van der Waals surface area (Å²) in [7, 11) is 0. The Bertz CT molecular complexity index is 2500. The van der Waals surface area contributed by atoms with Gasteiger partial charge >= 0.3 is 11.9 Å². The maximum Gasteiger partial charge on any atom is 0.335 e. The zero-order chi connectivity index (χ0) is 39.5. The van der Waals surface area contributed by atoms with Crippen molar-refractivity contribution >= 4 is 75.2 Å². The second-order valence-corrected chi connectivity index (χ2v) is 15.9. The summed E-state index contributed by atoms with van der Waals surface area (Å²) >= 11 is 0. The van der Waals surface area contributed by atoms with E-state index in [0.29, 0.717) is 11.8 Å². The van der Waals surface area contributed by atoms with Crippen molar-refractivity contribution < 1.29 is 19.8 Å². The highest BCUT2D eigenvalue weighted by molar-refractivity contribution is 7.02. The monoisotopic (exact) mass is 741 g/mol. The summed E-state index contributed by atoms with van der Waals surface area (Å²) in [6, 6.07) is 52.5. The van der Waals surface area contributed by atoms with Crippen LogP contribution in [0.3, 0.4) is 0 Å². The van der Waals surface area contributed by atoms with E-state index < -0.39 is 11.9 Å². The molecule has 276 valence electrons. The lowest BCUT2D eigenvalue weighted by molar-refractivity contribution is 0.0686. The zero-order valence-corrected chi connectivity index (χ0v) is 32.4. The van der Waals surface area contributed by atoms with Crippen molar-refractivity contribution in [3.63, 3.8) is 0 Å². The normalized spacial score (nSPS) is 12.7. The van der Waals surface area contributed by atoms with Gasteiger partial charge < -0.3 is 15.1 Å². The van der Waals surface area contributed by atoms with Crippen LogP contribution in [0.1, 0.15) is 71.4 Å². The lowest BCUT2D eigenvalue weighted by atomic mass is 9.30. The van der Waals surface area contributed by atoms with Gasteiger partial charge in [-0.15, -0.1) is 0 Å². The largest absolute Gasteiger partial charge is 0.478 e. The molecule has 2 heterocycles. The standard InChI is InChI=1S/C50H41B2NO4/c1-30(2)38-20-26-42-46(28-38)53-47-29-39(31(3)4)21-27-43(47)52(41-24-18-35(19-25-41)33-10-14-37(15-11-33)50(56)57)45-7-5-6-44(48(45)53)51(42)40-22-16-34(17-23-40)32-8-12-36(13-9-32)49(54)55/h5-31H,1-4H3,(H,54,55)(H,56,57). The number of benzene rings is 7. The summed E-state index contributed by atoms with van der Waals surface area (Å²) in [5.74, 6) is -1.15. The average molecular weight is 742 g/mol. The van der Waals surface area contributed by atoms with E-state index in [1.54, 1.807) is 24.3 Å². The number of para-hydroxylation sites is 1. The summed E-state index contributed by atoms with van der Waals surface area (Å²) in [6.07, 6.45) is 0. The van der Waals surface area contributed by atoms with E-state index in [2.05, 4.69) is 136 Å². The minimum absolute atomic E-state index is 0.0116. The van der Waals surface area contributed by atoms with E-state index in [0.717, 1.165) is 22.3 Å². The summed E-state index contributed by atoms with van der Waals surface area (Å²) in [4.78, 5) is 25.5. The molecule has 2 aliphatic rings. The zero-order valence-electron chi connectivity index (χ0n) is 32.4. The highest BCUT2D eigenvalue weighted by Crippen LogP contribution is 2.39. The molecule has 7 aromatic carbocycles. The first-order chi connectivity index (χ1) is 27.6. The van der Waals surface area contributed by atoms with Crippen molar-refractivity contribution in [3.8, 4) is 22.3 Å². The number of hydrogen-bond donors (Lipinski definition) is 2. The molecule has 2 N–H and O–H groups in total. The fraction of sp³-hybridized carbons (Fsp3) is 0.120. The van der Waals surface area contributed by atoms with Gasteiger partial charge in [0.25, 0.3) is 0 Å². The Morgan fingerprint density at radius 2 is 0.807 bits per heavy atom. The van der Waals surface area contributed by atoms with Gasteiger partial charge in [-0.05, 0) is 103 Å². The minimum Gasteiger partial charge on any atom is -0.478 e. The molecule has 0 bridgehead atoms. The van der Waals surface area contributed by atoms with Crippen LogP contribution in [0, 0.1) is 0 Å². The molecule has 7 heteroatoms. The van der Waals surface area contributed by atoms with Gasteiger partial charge in [0.2, 0.25) is 13.4 Å². The number of aromatic carboxylic acids is 2.